The molecule has 19 heavy (non-hydrogen) atoms. The zero-order valence-electron chi connectivity index (χ0n) is 11.9. The largest absolute Gasteiger partial charge is 0.398 e. The summed E-state index contributed by atoms with van der Waals surface area (Å²) in [7, 11) is 0. The highest BCUT2D eigenvalue weighted by Crippen LogP contribution is 2.49. The predicted octanol–water partition coefficient (Wildman–Crippen LogP) is 3.38. The van der Waals surface area contributed by atoms with Crippen LogP contribution in [0.2, 0.25) is 0 Å². The maximum atomic E-state index is 6.10. The van der Waals surface area contributed by atoms with Gasteiger partial charge in [-0.25, -0.2) is 0 Å². The van der Waals surface area contributed by atoms with E-state index in [1.807, 2.05) is 0 Å². The molecule has 0 saturated heterocycles. The fourth-order valence-electron chi connectivity index (χ4n) is 4.72. The monoisotopic (exact) mass is 256 g/mol. The lowest BCUT2D eigenvalue weighted by molar-refractivity contribution is 0.335. The Morgan fingerprint density at radius 3 is 2.89 bits per heavy atom. The summed E-state index contributed by atoms with van der Waals surface area (Å²) in [5, 5.41) is 0. The van der Waals surface area contributed by atoms with Crippen molar-refractivity contribution in [2.45, 2.75) is 39.0 Å². The molecule has 4 rings (SSSR count). The van der Waals surface area contributed by atoms with Gasteiger partial charge in [0.25, 0.3) is 0 Å². The molecule has 0 radical (unpaired) electrons. The van der Waals surface area contributed by atoms with Gasteiger partial charge in [0.15, 0.2) is 0 Å². The molecular weight excluding hydrogens is 232 g/mol. The number of aryl methyl sites for hydroxylation is 1. The van der Waals surface area contributed by atoms with Crippen molar-refractivity contribution in [3.63, 3.8) is 0 Å². The molecule has 2 nitrogen and oxygen atoms in total. The summed E-state index contributed by atoms with van der Waals surface area (Å²) in [4.78, 5) is 2.61. The fraction of sp³-hybridized carbons (Fsp3) is 0.647. The lowest BCUT2D eigenvalue weighted by atomic mass is 9.88. The van der Waals surface area contributed by atoms with Gasteiger partial charge in [-0.3, -0.25) is 0 Å². The second-order valence-corrected chi connectivity index (χ2v) is 6.97. The number of anilines is 2. The fourth-order valence-corrected chi connectivity index (χ4v) is 4.72. The summed E-state index contributed by atoms with van der Waals surface area (Å²) in [5.74, 6) is 3.03. The second-order valence-electron chi connectivity index (χ2n) is 6.97. The van der Waals surface area contributed by atoms with Crippen LogP contribution in [0.4, 0.5) is 11.4 Å². The van der Waals surface area contributed by atoms with Crippen LogP contribution in [0.1, 0.15) is 36.8 Å². The summed E-state index contributed by atoms with van der Waals surface area (Å²) >= 11 is 0. The average molecular weight is 256 g/mol. The molecule has 2 fully saturated rings. The Morgan fingerprint density at radius 2 is 2.16 bits per heavy atom. The van der Waals surface area contributed by atoms with Crippen molar-refractivity contribution in [3.05, 3.63) is 23.3 Å². The molecule has 2 N–H and O–H groups in total. The van der Waals surface area contributed by atoms with Crippen molar-refractivity contribution in [2.75, 3.05) is 23.7 Å². The zero-order chi connectivity index (χ0) is 13.0. The number of nitrogens with two attached hydrogens (primary N) is 1. The van der Waals surface area contributed by atoms with Crippen LogP contribution in [0.25, 0.3) is 0 Å². The second kappa shape index (κ2) is 4.16. The average Bonchev–Trinajstić information content (AvgIpc) is 3.08. The predicted molar refractivity (Wildman–Crippen MR) is 80.4 cm³/mol. The van der Waals surface area contributed by atoms with Crippen LogP contribution < -0.4 is 10.6 Å². The Balaban J connectivity index is 1.54. The molecule has 3 unspecified atom stereocenters. The van der Waals surface area contributed by atoms with Gasteiger partial charge >= 0.3 is 0 Å². The van der Waals surface area contributed by atoms with Crippen LogP contribution in [-0.2, 0) is 6.42 Å². The standard InChI is InChI=1S/C17H24N2/c1-11-6-14-4-5-19(17(14)9-16(11)18)10-15-8-12-2-3-13(15)7-12/h6,9,12-13,15H,2-5,7-8,10,18H2,1H3. The lowest BCUT2D eigenvalue weighted by Crippen LogP contribution is -2.30. The third-order valence-electron chi connectivity index (χ3n) is 5.80. The number of benzene rings is 1. The number of rotatable bonds is 2. The first-order valence-electron chi connectivity index (χ1n) is 7.84. The summed E-state index contributed by atoms with van der Waals surface area (Å²) in [6, 6.07) is 4.51. The van der Waals surface area contributed by atoms with E-state index in [9.17, 15) is 0 Å². The van der Waals surface area contributed by atoms with E-state index >= 15 is 0 Å². The van der Waals surface area contributed by atoms with Crippen LogP contribution in [0.15, 0.2) is 12.1 Å². The maximum absolute atomic E-state index is 6.10. The topological polar surface area (TPSA) is 29.3 Å². The zero-order valence-corrected chi connectivity index (χ0v) is 11.9. The van der Waals surface area contributed by atoms with Gasteiger partial charge in [-0.1, -0.05) is 12.5 Å². The third kappa shape index (κ3) is 1.84. The molecule has 1 heterocycles. The van der Waals surface area contributed by atoms with Gasteiger partial charge in [0, 0.05) is 24.5 Å². The van der Waals surface area contributed by atoms with E-state index in [4.69, 9.17) is 5.73 Å². The summed E-state index contributed by atoms with van der Waals surface area (Å²) in [6.45, 7) is 4.59. The van der Waals surface area contributed by atoms with Gasteiger partial charge in [-0.15, -0.1) is 0 Å². The molecule has 3 aliphatic rings. The van der Waals surface area contributed by atoms with Crippen molar-refractivity contribution in [2.24, 2.45) is 17.8 Å². The van der Waals surface area contributed by atoms with Gasteiger partial charge < -0.3 is 10.6 Å². The first-order chi connectivity index (χ1) is 9.20. The highest BCUT2D eigenvalue weighted by atomic mass is 15.2. The number of fused-ring (bicyclic) bond motifs is 3. The molecular formula is C17H24N2. The Morgan fingerprint density at radius 1 is 1.26 bits per heavy atom. The van der Waals surface area contributed by atoms with Gasteiger partial charge in [0.2, 0.25) is 0 Å². The summed E-state index contributed by atoms with van der Waals surface area (Å²) in [5.41, 5.74) is 11.2. The van der Waals surface area contributed by atoms with Crippen LogP contribution >= 0.6 is 0 Å². The van der Waals surface area contributed by atoms with Crippen molar-refractivity contribution in [1.82, 2.24) is 0 Å². The molecule has 1 aromatic rings. The maximum Gasteiger partial charge on any atom is 0.0420 e. The lowest BCUT2D eigenvalue weighted by Gasteiger charge is -2.29. The van der Waals surface area contributed by atoms with Gasteiger partial charge in [-0.2, -0.15) is 0 Å². The smallest absolute Gasteiger partial charge is 0.0420 e. The van der Waals surface area contributed by atoms with E-state index < -0.39 is 0 Å². The highest BCUT2D eigenvalue weighted by Gasteiger charge is 2.40. The molecule has 0 spiro atoms. The normalized spacial score (nSPS) is 32.1. The Labute approximate surface area is 116 Å². The molecule has 0 aromatic heterocycles. The third-order valence-corrected chi connectivity index (χ3v) is 5.80. The van der Waals surface area contributed by atoms with Crippen LogP contribution in [-0.4, -0.2) is 13.1 Å². The van der Waals surface area contributed by atoms with E-state index in [0.29, 0.717) is 0 Å². The van der Waals surface area contributed by atoms with E-state index in [2.05, 4.69) is 24.0 Å². The van der Waals surface area contributed by atoms with Crippen LogP contribution in [0.5, 0.6) is 0 Å². The molecule has 0 amide bonds. The van der Waals surface area contributed by atoms with E-state index in [1.54, 1.807) is 0 Å². The number of nitrogens with zero attached hydrogens (tertiary/aromatic N) is 1. The molecule has 3 atom stereocenters. The van der Waals surface area contributed by atoms with Crippen molar-refractivity contribution >= 4 is 11.4 Å². The Hall–Kier alpha value is -1.18. The van der Waals surface area contributed by atoms with Crippen LogP contribution in [0.3, 0.4) is 0 Å². The SMILES string of the molecule is Cc1cc2c(cc1N)N(CC1CC3CCC1C3)CC2. The minimum Gasteiger partial charge on any atom is -0.398 e. The summed E-state index contributed by atoms with van der Waals surface area (Å²) in [6.07, 6.45) is 7.20. The molecule has 1 aromatic carbocycles. The molecule has 2 heteroatoms. The minimum absolute atomic E-state index is 0.951. The van der Waals surface area contributed by atoms with Crippen molar-refractivity contribution < 1.29 is 0 Å². The molecule has 102 valence electrons. The van der Waals surface area contributed by atoms with Crippen molar-refractivity contribution in [1.29, 1.82) is 0 Å². The summed E-state index contributed by atoms with van der Waals surface area (Å²) < 4.78 is 0. The Kier molecular flexibility index (Phi) is 2.54. The number of nitrogen functional groups attached to an aromatic ring is 1. The van der Waals surface area contributed by atoms with E-state index in [1.165, 1.54) is 62.0 Å². The van der Waals surface area contributed by atoms with Crippen molar-refractivity contribution in [3.8, 4) is 0 Å². The minimum atomic E-state index is 0.951. The van der Waals surface area contributed by atoms with E-state index in [-0.39, 0.29) is 0 Å². The highest BCUT2D eigenvalue weighted by molar-refractivity contribution is 5.67. The Bertz CT molecular complexity index is 508. The van der Waals surface area contributed by atoms with Gasteiger partial charge in [0.1, 0.15) is 0 Å². The van der Waals surface area contributed by atoms with Crippen LogP contribution in [0, 0.1) is 24.7 Å². The first-order valence-corrected chi connectivity index (χ1v) is 7.84. The quantitative estimate of drug-likeness (QED) is 0.822. The van der Waals surface area contributed by atoms with Gasteiger partial charge in [-0.05, 0) is 67.6 Å². The molecule has 2 saturated carbocycles. The van der Waals surface area contributed by atoms with Gasteiger partial charge in [0.05, 0.1) is 0 Å². The van der Waals surface area contributed by atoms with E-state index in [0.717, 1.165) is 23.4 Å². The molecule has 2 bridgehead atoms. The number of hydrogen-bond donors (Lipinski definition) is 1. The number of hydrogen-bond acceptors (Lipinski definition) is 2. The molecule has 1 aliphatic heterocycles. The molecule has 2 aliphatic carbocycles. The first kappa shape index (κ1) is 11.6.